The fraction of sp³-hybridized carbons (Fsp3) is 0.357. The summed E-state index contributed by atoms with van der Waals surface area (Å²) in [4.78, 5) is 28.3. The Labute approximate surface area is 116 Å². The van der Waals surface area contributed by atoms with Crippen LogP contribution in [0.4, 0.5) is 4.39 Å². The zero-order valence-electron chi connectivity index (χ0n) is 11.2. The number of hydrogen-bond acceptors (Lipinski definition) is 3. The highest BCUT2D eigenvalue weighted by Gasteiger charge is 2.30. The van der Waals surface area contributed by atoms with Crippen LogP contribution in [-0.4, -0.2) is 28.2 Å². The Hall–Kier alpha value is -2.42. The second kappa shape index (κ2) is 5.29. The standard InChI is InChI=1S/C14H14FN3O2/c1-3-18-7-9-6-10(15)12(17-13(9)14(18)20)8(2)4-5-11(16)19/h6,8H,3,7H2,1-2H3,(H2,16,19). The van der Waals surface area contributed by atoms with E-state index in [1.165, 1.54) is 6.07 Å². The number of carbonyl (C=O) groups is 2. The zero-order chi connectivity index (χ0) is 14.9. The van der Waals surface area contributed by atoms with Gasteiger partial charge in [-0.05, 0) is 25.8 Å². The summed E-state index contributed by atoms with van der Waals surface area (Å²) in [6, 6.07) is 1.31. The first-order valence-corrected chi connectivity index (χ1v) is 6.23. The molecule has 1 atom stereocenters. The summed E-state index contributed by atoms with van der Waals surface area (Å²) < 4.78 is 14.0. The van der Waals surface area contributed by atoms with Gasteiger partial charge in [-0.3, -0.25) is 9.59 Å². The van der Waals surface area contributed by atoms with Crippen LogP contribution in [0.1, 0.15) is 41.5 Å². The van der Waals surface area contributed by atoms with Crippen LogP contribution in [0.15, 0.2) is 6.07 Å². The molecule has 20 heavy (non-hydrogen) atoms. The van der Waals surface area contributed by atoms with Crippen molar-refractivity contribution in [2.75, 3.05) is 6.54 Å². The average Bonchev–Trinajstić information content (AvgIpc) is 2.71. The van der Waals surface area contributed by atoms with Crippen molar-refractivity contribution in [2.24, 2.45) is 5.73 Å². The van der Waals surface area contributed by atoms with Gasteiger partial charge in [-0.2, -0.15) is 0 Å². The number of nitrogens with zero attached hydrogens (tertiary/aromatic N) is 2. The molecule has 1 aliphatic heterocycles. The first-order valence-electron chi connectivity index (χ1n) is 6.23. The number of halogens is 1. The highest BCUT2D eigenvalue weighted by atomic mass is 19.1. The SMILES string of the molecule is CCN1Cc2cc(F)c(C(C)C#CC(N)=O)nc2C1=O. The fourth-order valence-corrected chi connectivity index (χ4v) is 2.08. The summed E-state index contributed by atoms with van der Waals surface area (Å²) >= 11 is 0. The lowest BCUT2D eigenvalue weighted by Crippen LogP contribution is -2.23. The minimum atomic E-state index is -0.786. The van der Waals surface area contributed by atoms with E-state index in [9.17, 15) is 14.0 Å². The predicted molar refractivity (Wildman–Crippen MR) is 70.0 cm³/mol. The third kappa shape index (κ3) is 2.48. The molecule has 104 valence electrons. The van der Waals surface area contributed by atoms with E-state index < -0.39 is 17.6 Å². The van der Waals surface area contributed by atoms with Crippen molar-refractivity contribution < 1.29 is 14.0 Å². The van der Waals surface area contributed by atoms with Crippen LogP contribution in [0.25, 0.3) is 0 Å². The molecule has 1 unspecified atom stereocenters. The predicted octanol–water partition coefficient (Wildman–Crippen LogP) is 0.789. The van der Waals surface area contributed by atoms with E-state index in [0.29, 0.717) is 18.7 Å². The van der Waals surface area contributed by atoms with Gasteiger partial charge in [-0.25, -0.2) is 9.37 Å². The molecule has 0 spiro atoms. The molecule has 0 bridgehead atoms. The van der Waals surface area contributed by atoms with Crippen LogP contribution in [-0.2, 0) is 11.3 Å². The number of aromatic nitrogens is 1. The van der Waals surface area contributed by atoms with Crippen molar-refractivity contribution in [2.45, 2.75) is 26.3 Å². The maximum atomic E-state index is 14.0. The molecule has 1 aliphatic rings. The van der Waals surface area contributed by atoms with Gasteiger partial charge in [0.2, 0.25) is 0 Å². The van der Waals surface area contributed by atoms with Gasteiger partial charge in [0, 0.05) is 18.7 Å². The maximum absolute atomic E-state index is 14.0. The number of rotatable bonds is 2. The summed E-state index contributed by atoms with van der Waals surface area (Å²) in [6.07, 6.45) is 0. The summed E-state index contributed by atoms with van der Waals surface area (Å²) in [7, 11) is 0. The topological polar surface area (TPSA) is 76.3 Å². The zero-order valence-corrected chi connectivity index (χ0v) is 11.2. The Bertz CT molecular complexity index is 646. The Balaban J connectivity index is 2.40. The maximum Gasteiger partial charge on any atom is 0.293 e. The Morgan fingerprint density at radius 2 is 2.35 bits per heavy atom. The summed E-state index contributed by atoms with van der Waals surface area (Å²) in [6.45, 7) is 4.37. The Morgan fingerprint density at radius 1 is 1.65 bits per heavy atom. The molecular formula is C14H14FN3O2. The van der Waals surface area contributed by atoms with Crippen molar-refractivity contribution in [3.05, 3.63) is 28.8 Å². The third-order valence-corrected chi connectivity index (χ3v) is 3.14. The van der Waals surface area contributed by atoms with Gasteiger partial charge in [-0.1, -0.05) is 5.92 Å². The largest absolute Gasteiger partial charge is 0.359 e. The Morgan fingerprint density at radius 3 is 2.95 bits per heavy atom. The molecule has 2 rings (SSSR count). The highest BCUT2D eigenvalue weighted by molar-refractivity contribution is 5.96. The number of amides is 2. The average molecular weight is 275 g/mol. The molecule has 2 heterocycles. The van der Waals surface area contributed by atoms with Crippen LogP contribution in [0.5, 0.6) is 0 Å². The summed E-state index contributed by atoms with van der Waals surface area (Å²) in [5, 5.41) is 0. The fourth-order valence-electron chi connectivity index (χ4n) is 2.08. The minimum Gasteiger partial charge on any atom is -0.359 e. The molecule has 2 N–H and O–H groups in total. The van der Waals surface area contributed by atoms with Crippen molar-refractivity contribution in [1.82, 2.24) is 9.88 Å². The van der Waals surface area contributed by atoms with Crippen LogP contribution in [0.2, 0.25) is 0 Å². The number of nitrogens with two attached hydrogens (primary N) is 1. The lowest BCUT2D eigenvalue weighted by Gasteiger charge is -2.10. The van der Waals surface area contributed by atoms with E-state index in [1.807, 2.05) is 6.92 Å². The van der Waals surface area contributed by atoms with Gasteiger partial charge in [0.1, 0.15) is 11.5 Å². The second-order valence-electron chi connectivity index (χ2n) is 4.54. The second-order valence-corrected chi connectivity index (χ2v) is 4.54. The number of hydrogen-bond donors (Lipinski definition) is 1. The quantitative estimate of drug-likeness (QED) is 0.811. The van der Waals surface area contributed by atoms with Crippen LogP contribution >= 0.6 is 0 Å². The molecule has 0 radical (unpaired) electrons. The molecular weight excluding hydrogens is 261 g/mol. The molecule has 0 fully saturated rings. The van der Waals surface area contributed by atoms with Crippen molar-refractivity contribution in [1.29, 1.82) is 0 Å². The van der Waals surface area contributed by atoms with Gasteiger partial charge in [0.15, 0.2) is 0 Å². The van der Waals surface area contributed by atoms with E-state index >= 15 is 0 Å². The van der Waals surface area contributed by atoms with E-state index in [1.54, 1.807) is 11.8 Å². The van der Waals surface area contributed by atoms with Gasteiger partial charge in [-0.15, -0.1) is 0 Å². The van der Waals surface area contributed by atoms with Gasteiger partial charge in [0.05, 0.1) is 11.6 Å². The number of pyridine rings is 1. The molecule has 5 nitrogen and oxygen atoms in total. The van der Waals surface area contributed by atoms with E-state index in [2.05, 4.69) is 16.8 Å². The highest BCUT2D eigenvalue weighted by Crippen LogP contribution is 2.25. The molecule has 2 amide bonds. The number of primary amides is 1. The molecule has 1 aromatic heterocycles. The van der Waals surface area contributed by atoms with Crippen LogP contribution in [0, 0.1) is 17.7 Å². The van der Waals surface area contributed by atoms with Crippen molar-refractivity contribution in [3.8, 4) is 11.8 Å². The molecule has 0 aromatic carbocycles. The monoisotopic (exact) mass is 275 g/mol. The van der Waals surface area contributed by atoms with Crippen LogP contribution in [0.3, 0.4) is 0 Å². The van der Waals surface area contributed by atoms with Crippen LogP contribution < -0.4 is 5.73 Å². The van der Waals surface area contributed by atoms with Crippen molar-refractivity contribution >= 4 is 11.8 Å². The van der Waals surface area contributed by atoms with E-state index in [-0.39, 0.29) is 17.3 Å². The first-order chi connectivity index (χ1) is 9.43. The molecule has 0 aliphatic carbocycles. The molecule has 6 heteroatoms. The van der Waals surface area contributed by atoms with E-state index in [4.69, 9.17) is 5.73 Å². The molecule has 0 saturated carbocycles. The first kappa shape index (κ1) is 14.0. The normalized spacial score (nSPS) is 14.6. The number of fused-ring (bicyclic) bond motifs is 1. The lowest BCUT2D eigenvalue weighted by atomic mass is 10.1. The number of carbonyl (C=O) groups excluding carboxylic acids is 2. The lowest BCUT2D eigenvalue weighted by molar-refractivity contribution is -0.112. The molecule has 0 saturated heterocycles. The van der Waals surface area contributed by atoms with E-state index in [0.717, 1.165) is 0 Å². The van der Waals surface area contributed by atoms with Gasteiger partial charge >= 0.3 is 0 Å². The van der Waals surface area contributed by atoms with Crippen molar-refractivity contribution in [3.63, 3.8) is 0 Å². The summed E-state index contributed by atoms with van der Waals surface area (Å²) in [5.41, 5.74) is 5.81. The minimum absolute atomic E-state index is 0.0591. The van der Waals surface area contributed by atoms with Gasteiger partial charge in [0.25, 0.3) is 11.8 Å². The molecule has 1 aromatic rings. The smallest absolute Gasteiger partial charge is 0.293 e. The van der Waals surface area contributed by atoms with Gasteiger partial charge < -0.3 is 10.6 Å². The third-order valence-electron chi connectivity index (χ3n) is 3.14. The Kier molecular flexibility index (Phi) is 3.70. The summed E-state index contributed by atoms with van der Waals surface area (Å²) in [5.74, 6) is 2.54.